The summed E-state index contributed by atoms with van der Waals surface area (Å²) in [4.78, 5) is 40.6. The Labute approximate surface area is 109 Å². The summed E-state index contributed by atoms with van der Waals surface area (Å²) in [5.74, 6) is -0.794. The minimum atomic E-state index is -0.952. The highest BCUT2D eigenvalue weighted by atomic mass is 16.2. The number of imide groups is 2. The van der Waals surface area contributed by atoms with Crippen LogP contribution in [-0.2, 0) is 16.0 Å². The van der Waals surface area contributed by atoms with Gasteiger partial charge in [-0.15, -0.1) is 0 Å². The number of hydrogen-bond donors (Lipinski definition) is 1. The van der Waals surface area contributed by atoms with E-state index in [0.717, 1.165) is 10.5 Å². The topological polar surface area (TPSA) is 79.4 Å². The van der Waals surface area contributed by atoms with Crippen molar-refractivity contribution < 1.29 is 14.4 Å². The van der Waals surface area contributed by atoms with E-state index in [1.807, 2.05) is 12.1 Å². The number of urea groups is 1. The van der Waals surface area contributed by atoms with Crippen LogP contribution in [0.25, 0.3) is 0 Å². The van der Waals surface area contributed by atoms with E-state index in [9.17, 15) is 14.4 Å². The van der Waals surface area contributed by atoms with E-state index >= 15 is 0 Å². The molecule has 1 saturated carbocycles. The van der Waals surface area contributed by atoms with Crippen molar-refractivity contribution in [2.75, 3.05) is 6.54 Å². The van der Waals surface area contributed by atoms with E-state index in [0.29, 0.717) is 19.3 Å². The number of carbonyl (C=O) groups is 3. The average Bonchev–Trinajstić information content (AvgIpc) is 3.20. The van der Waals surface area contributed by atoms with Crippen LogP contribution in [-0.4, -0.2) is 34.3 Å². The lowest BCUT2D eigenvalue weighted by Gasteiger charge is -2.30. The molecular weight excluding hydrogens is 246 g/mol. The first kappa shape index (κ1) is 11.8. The van der Waals surface area contributed by atoms with Crippen molar-refractivity contribution in [3.05, 3.63) is 30.1 Å². The lowest BCUT2D eigenvalue weighted by molar-refractivity contribution is -0.144. The van der Waals surface area contributed by atoms with Crippen LogP contribution in [0.2, 0.25) is 0 Å². The molecule has 4 amide bonds. The van der Waals surface area contributed by atoms with Gasteiger partial charge in [0, 0.05) is 18.9 Å². The van der Waals surface area contributed by atoms with E-state index in [-0.39, 0.29) is 12.5 Å². The molecule has 0 aromatic carbocycles. The molecule has 2 aliphatic rings. The Morgan fingerprint density at radius 3 is 2.53 bits per heavy atom. The van der Waals surface area contributed by atoms with Crippen molar-refractivity contribution >= 4 is 17.8 Å². The Morgan fingerprint density at radius 1 is 1.21 bits per heavy atom. The average molecular weight is 259 g/mol. The lowest BCUT2D eigenvalue weighted by atomic mass is 10.0. The molecule has 1 aromatic heterocycles. The fraction of sp³-hybridized carbons (Fsp3) is 0.385. The number of nitrogens with zero attached hydrogens (tertiary/aromatic N) is 2. The first-order valence-corrected chi connectivity index (χ1v) is 6.20. The predicted molar refractivity (Wildman–Crippen MR) is 64.9 cm³/mol. The highest BCUT2D eigenvalue weighted by Gasteiger charge is 2.61. The molecule has 19 heavy (non-hydrogen) atoms. The summed E-state index contributed by atoms with van der Waals surface area (Å²) >= 11 is 0. The van der Waals surface area contributed by atoms with Gasteiger partial charge in [0.15, 0.2) is 0 Å². The SMILES string of the molecule is O=C1NC(=O)C2(CC2)C(=O)N1CCc1ccncc1. The minimum absolute atomic E-state index is 0.281. The van der Waals surface area contributed by atoms with Crippen molar-refractivity contribution in [1.29, 1.82) is 0 Å². The van der Waals surface area contributed by atoms with Gasteiger partial charge in [0.2, 0.25) is 11.8 Å². The first-order chi connectivity index (χ1) is 9.13. The molecule has 1 aliphatic heterocycles. The van der Waals surface area contributed by atoms with Gasteiger partial charge < -0.3 is 0 Å². The van der Waals surface area contributed by atoms with Gasteiger partial charge in [-0.1, -0.05) is 0 Å². The largest absolute Gasteiger partial charge is 0.330 e. The van der Waals surface area contributed by atoms with Gasteiger partial charge in [0.05, 0.1) is 0 Å². The van der Waals surface area contributed by atoms with Gasteiger partial charge in [-0.2, -0.15) is 0 Å². The normalized spacial score (nSPS) is 20.6. The number of carbonyl (C=O) groups excluding carboxylic acids is 3. The standard InChI is InChI=1S/C13H13N3O3/c17-10-13(4-5-13)11(18)16(12(19)15-10)8-3-9-1-6-14-7-2-9/h1-2,6-7H,3-5,8H2,(H,15,17,19). The smallest absolute Gasteiger partial charge is 0.277 e. The van der Waals surface area contributed by atoms with Crippen molar-refractivity contribution in [1.82, 2.24) is 15.2 Å². The van der Waals surface area contributed by atoms with Gasteiger partial charge in [0.25, 0.3) is 0 Å². The van der Waals surface area contributed by atoms with Gasteiger partial charge in [-0.25, -0.2) is 4.79 Å². The summed E-state index contributed by atoms with van der Waals surface area (Å²) in [6.07, 6.45) is 4.97. The maximum atomic E-state index is 12.2. The number of hydrogen-bond acceptors (Lipinski definition) is 4. The second-order valence-electron chi connectivity index (χ2n) is 4.90. The fourth-order valence-corrected chi connectivity index (χ4v) is 2.29. The van der Waals surface area contributed by atoms with Gasteiger partial charge >= 0.3 is 6.03 Å². The molecular formula is C13H13N3O3. The summed E-state index contributed by atoms with van der Waals surface area (Å²) in [5.41, 5.74) is 0.0453. The Morgan fingerprint density at radius 2 is 1.89 bits per heavy atom. The summed E-state index contributed by atoms with van der Waals surface area (Å²) in [5, 5.41) is 2.26. The summed E-state index contributed by atoms with van der Waals surface area (Å²) < 4.78 is 0. The Hall–Kier alpha value is -2.24. The maximum absolute atomic E-state index is 12.2. The molecule has 1 saturated heterocycles. The molecule has 98 valence electrons. The molecule has 3 rings (SSSR count). The second-order valence-corrected chi connectivity index (χ2v) is 4.90. The molecule has 0 bridgehead atoms. The van der Waals surface area contributed by atoms with Crippen LogP contribution in [0.4, 0.5) is 4.79 Å². The van der Waals surface area contributed by atoms with Crippen LogP contribution >= 0.6 is 0 Å². The van der Waals surface area contributed by atoms with Crippen LogP contribution in [0.1, 0.15) is 18.4 Å². The minimum Gasteiger partial charge on any atom is -0.277 e. The van der Waals surface area contributed by atoms with Crippen molar-refractivity contribution in [3.63, 3.8) is 0 Å². The zero-order valence-corrected chi connectivity index (χ0v) is 10.3. The number of rotatable bonds is 3. The molecule has 0 radical (unpaired) electrons. The second kappa shape index (κ2) is 4.15. The Kier molecular flexibility index (Phi) is 2.58. The quantitative estimate of drug-likeness (QED) is 0.801. The maximum Gasteiger partial charge on any atom is 0.330 e. The van der Waals surface area contributed by atoms with Crippen molar-refractivity contribution in [2.24, 2.45) is 5.41 Å². The van der Waals surface area contributed by atoms with Crippen molar-refractivity contribution in [2.45, 2.75) is 19.3 Å². The molecule has 1 aromatic rings. The highest BCUT2D eigenvalue weighted by molar-refractivity contribution is 6.20. The van der Waals surface area contributed by atoms with Crippen LogP contribution in [0, 0.1) is 5.41 Å². The van der Waals surface area contributed by atoms with E-state index in [1.54, 1.807) is 12.4 Å². The zero-order chi connectivity index (χ0) is 13.5. The van der Waals surface area contributed by atoms with E-state index < -0.39 is 17.4 Å². The fourth-order valence-electron chi connectivity index (χ4n) is 2.29. The molecule has 0 atom stereocenters. The zero-order valence-electron chi connectivity index (χ0n) is 10.3. The summed E-state index contributed by atoms with van der Waals surface area (Å²) in [6.45, 7) is 0.281. The number of pyridine rings is 1. The first-order valence-electron chi connectivity index (χ1n) is 6.20. The van der Waals surface area contributed by atoms with Gasteiger partial charge in [-0.3, -0.25) is 24.8 Å². The van der Waals surface area contributed by atoms with Gasteiger partial charge in [-0.05, 0) is 37.0 Å². The Bertz CT molecular complexity index is 552. The molecule has 1 N–H and O–H groups in total. The predicted octanol–water partition coefficient (Wildman–Crippen LogP) is 0.483. The van der Waals surface area contributed by atoms with E-state index in [4.69, 9.17) is 0 Å². The van der Waals surface area contributed by atoms with Crippen LogP contribution in [0.5, 0.6) is 0 Å². The third kappa shape index (κ3) is 1.89. The molecule has 2 heterocycles. The monoisotopic (exact) mass is 259 g/mol. The number of barbiturate groups is 1. The molecule has 1 spiro atoms. The third-order valence-electron chi connectivity index (χ3n) is 3.68. The Balaban J connectivity index is 1.72. The molecule has 0 unspecified atom stereocenters. The number of amides is 4. The molecule has 1 aliphatic carbocycles. The van der Waals surface area contributed by atoms with E-state index in [2.05, 4.69) is 10.3 Å². The molecule has 6 nitrogen and oxygen atoms in total. The van der Waals surface area contributed by atoms with E-state index in [1.165, 1.54) is 0 Å². The molecule has 2 fully saturated rings. The summed E-state index contributed by atoms with van der Waals surface area (Å²) in [7, 11) is 0. The lowest BCUT2D eigenvalue weighted by Crippen LogP contribution is -2.59. The van der Waals surface area contributed by atoms with Crippen LogP contribution in [0.15, 0.2) is 24.5 Å². The van der Waals surface area contributed by atoms with Gasteiger partial charge in [0.1, 0.15) is 5.41 Å². The highest BCUT2D eigenvalue weighted by Crippen LogP contribution is 2.48. The summed E-state index contributed by atoms with van der Waals surface area (Å²) in [6, 6.07) is 3.07. The van der Waals surface area contributed by atoms with Crippen molar-refractivity contribution in [3.8, 4) is 0 Å². The number of nitrogens with one attached hydrogen (secondary N) is 1. The third-order valence-corrected chi connectivity index (χ3v) is 3.68. The molecule has 6 heteroatoms. The number of aromatic nitrogens is 1. The van der Waals surface area contributed by atoms with Crippen LogP contribution < -0.4 is 5.32 Å². The van der Waals surface area contributed by atoms with Crippen LogP contribution in [0.3, 0.4) is 0 Å².